The van der Waals surface area contributed by atoms with E-state index in [1.165, 1.54) is 0 Å². The van der Waals surface area contributed by atoms with E-state index in [4.69, 9.17) is 9.97 Å². The van der Waals surface area contributed by atoms with Gasteiger partial charge in [-0.05, 0) is 37.3 Å². The molecule has 1 aliphatic heterocycles. The average Bonchev–Trinajstić information content (AvgIpc) is 3.14. The molecule has 6 heteroatoms. The van der Waals surface area contributed by atoms with E-state index in [2.05, 4.69) is 36.0 Å². The van der Waals surface area contributed by atoms with Crippen molar-refractivity contribution in [3.8, 4) is 22.5 Å². The molecule has 1 N–H and O–H groups in total. The third kappa shape index (κ3) is 3.90. The van der Waals surface area contributed by atoms with Gasteiger partial charge in [0.15, 0.2) is 5.82 Å². The van der Waals surface area contributed by atoms with Gasteiger partial charge in [-0.2, -0.15) is 5.10 Å². The lowest BCUT2D eigenvalue weighted by Gasteiger charge is -2.38. The van der Waals surface area contributed by atoms with E-state index in [0.717, 1.165) is 60.0 Å². The molecule has 0 radical (unpaired) electrons. The first-order valence-corrected chi connectivity index (χ1v) is 10.2. The van der Waals surface area contributed by atoms with Gasteiger partial charge in [-0.3, -0.25) is 4.68 Å². The highest BCUT2D eigenvalue weighted by molar-refractivity contribution is 5.71. The summed E-state index contributed by atoms with van der Waals surface area (Å²) in [4.78, 5) is 12.0. The van der Waals surface area contributed by atoms with Crippen molar-refractivity contribution in [3.05, 3.63) is 47.9 Å². The minimum absolute atomic E-state index is 0.114. The molecule has 152 valence electrons. The lowest BCUT2D eigenvalue weighted by Crippen LogP contribution is -2.38. The lowest BCUT2D eigenvalue weighted by atomic mass is 9.82. The number of rotatable bonds is 4. The zero-order valence-electron chi connectivity index (χ0n) is 17.7. The second-order valence-corrected chi connectivity index (χ2v) is 8.66. The minimum atomic E-state index is -0.114. The molecule has 4 rings (SSSR count). The predicted octanol–water partition coefficient (Wildman–Crippen LogP) is 3.97. The van der Waals surface area contributed by atoms with Crippen LogP contribution in [0, 0.1) is 12.3 Å². The largest absolute Gasteiger partial charge is 0.390 e. The number of aryl methyl sites for hydroxylation is 2. The van der Waals surface area contributed by atoms with Crippen LogP contribution in [-0.4, -0.2) is 37.9 Å². The minimum Gasteiger partial charge on any atom is -0.390 e. The van der Waals surface area contributed by atoms with Crippen LogP contribution in [0.25, 0.3) is 22.5 Å². The summed E-state index contributed by atoms with van der Waals surface area (Å²) in [5.41, 5.74) is 5.84. The van der Waals surface area contributed by atoms with Gasteiger partial charge < -0.3 is 10.0 Å². The van der Waals surface area contributed by atoms with Crippen molar-refractivity contribution in [1.82, 2.24) is 19.7 Å². The monoisotopic (exact) mass is 391 g/mol. The molecular formula is C23H29N5O. The Morgan fingerprint density at radius 3 is 2.45 bits per heavy atom. The summed E-state index contributed by atoms with van der Waals surface area (Å²) in [5.74, 6) is 0.826. The number of nitrogens with zero attached hydrogens (tertiary/aromatic N) is 5. The van der Waals surface area contributed by atoms with Crippen LogP contribution in [0.15, 0.2) is 36.5 Å². The summed E-state index contributed by atoms with van der Waals surface area (Å²) in [6.07, 6.45) is 4.03. The molecule has 0 atom stereocenters. The number of anilines is 1. The van der Waals surface area contributed by atoms with Gasteiger partial charge in [-0.15, -0.1) is 0 Å². The van der Waals surface area contributed by atoms with Gasteiger partial charge in [0.05, 0.1) is 23.7 Å². The van der Waals surface area contributed by atoms with E-state index in [1.807, 2.05) is 36.9 Å². The fourth-order valence-corrected chi connectivity index (χ4v) is 3.98. The molecule has 0 saturated carbocycles. The maximum Gasteiger partial charge on any atom is 0.153 e. The van der Waals surface area contributed by atoms with Crippen molar-refractivity contribution in [2.24, 2.45) is 12.5 Å². The van der Waals surface area contributed by atoms with Gasteiger partial charge in [-0.1, -0.05) is 32.0 Å². The summed E-state index contributed by atoms with van der Waals surface area (Å²) in [6, 6.07) is 10.2. The Morgan fingerprint density at radius 1 is 1.07 bits per heavy atom. The number of piperidine rings is 1. The third-order valence-corrected chi connectivity index (χ3v) is 5.94. The molecule has 1 fully saturated rings. The first kappa shape index (κ1) is 19.6. The van der Waals surface area contributed by atoms with E-state index >= 15 is 0 Å². The number of aliphatic hydroxyl groups excluding tert-OH is 1. The van der Waals surface area contributed by atoms with Crippen LogP contribution in [0.4, 0.5) is 5.82 Å². The zero-order valence-corrected chi connectivity index (χ0v) is 17.7. The first-order chi connectivity index (χ1) is 13.9. The summed E-state index contributed by atoms with van der Waals surface area (Å²) in [6.45, 7) is 8.40. The highest BCUT2D eigenvalue weighted by atomic mass is 16.3. The molecule has 3 heterocycles. The maximum absolute atomic E-state index is 10.0. The van der Waals surface area contributed by atoms with Crippen LogP contribution in [0.3, 0.4) is 0 Å². The van der Waals surface area contributed by atoms with E-state index < -0.39 is 0 Å². The fraction of sp³-hybridized carbons (Fsp3) is 0.435. The number of aliphatic hydroxyl groups is 1. The van der Waals surface area contributed by atoms with Crippen LogP contribution in [0.1, 0.15) is 38.1 Å². The summed E-state index contributed by atoms with van der Waals surface area (Å²) in [7, 11) is 1.94. The highest BCUT2D eigenvalue weighted by Gasteiger charge is 2.28. The first-order valence-electron chi connectivity index (χ1n) is 10.2. The van der Waals surface area contributed by atoms with Crippen LogP contribution < -0.4 is 4.90 Å². The van der Waals surface area contributed by atoms with Crippen molar-refractivity contribution >= 4 is 5.82 Å². The number of benzene rings is 1. The molecule has 0 bridgehead atoms. The van der Waals surface area contributed by atoms with E-state index in [-0.39, 0.29) is 6.61 Å². The molecule has 1 saturated heterocycles. The van der Waals surface area contributed by atoms with Crippen LogP contribution in [-0.2, 0) is 13.7 Å². The number of hydrogen-bond donors (Lipinski definition) is 1. The van der Waals surface area contributed by atoms with Crippen molar-refractivity contribution in [3.63, 3.8) is 0 Å². The second kappa shape index (κ2) is 7.59. The Kier molecular flexibility index (Phi) is 5.13. The van der Waals surface area contributed by atoms with Crippen molar-refractivity contribution < 1.29 is 5.11 Å². The summed E-state index contributed by atoms with van der Waals surface area (Å²) < 4.78 is 1.86. The Bertz CT molecular complexity index is 1010. The summed E-state index contributed by atoms with van der Waals surface area (Å²) >= 11 is 0. The van der Waals surface area contributed by atoms with Gasteiger partial charge in [0, 0.05) is 37.5 Å². The van der Waals surface area contributed by atoms with Gasteiger partial charge in [-0.25, -0.2) is 9.97 Å². The molecule has 0 amide bonds. The normalized spacial score (nSPS) is 16.2. The Hall–Kier alpha value is -2.73. The maximum atomic E-state index is 10.0. The van der Waals surface area contributed by atoms with Crippen molar-refractivity contribution in [1.29, 1.82) is 0 Å². The molecule has 3 aromatic rings. The summed E-state index contributed by atoms with van der Waals surface area (Å²) in [5, 5.41) is 14.3. The van der Waals surface area contributed by atoms with Crippen molar-refractivity contribution in [2.45, 2.75) is 40.2 Å². The van der Waals surface area contributed by atoms with Gasteiger partial charge in [0.2, 0.25) is 0 Å². The topological polar surface area (TPSA) is 67.1 Å². The Morgan fingerprint density at radius 2 is 1.79 bits per heavy atom. The zero-order chi connectivity index (χ0) is 20.6. The van der Waals surface area contributed by atoms with Gasteiger partial charge in [0.1, 0.15) is 5.69 Å². The van der Waals surface area contributed by atoms with Crippen molar-refractivity contribution in [2.75, 3.05) is 18.0 Å². The molecule has 0 unspecified atom stereocenters. The highest BCUT2D eigenvalue weighted by Crippen LogP contribution is 2.34. The average molecular weight is 392 g/mol. The number of hydrogen-bond acceptors (Lipinski definition) is 5. The molecule has 29 heavy (non-hydrogen) atoms. The van der Waals surface area contributed by atoms with E-state index in [0.29, 0.717) is 11.1 Å². The standard InChI is InChI=1S/C23H29N5O/c1-16-21(18-7-5-6-17(14-18)20-8-11-24-27(20)4)26-19(15-29)22(25-16)28-12-9-23(2,3)10-13-28/h5-8,11,14,29H,9-10,12-13,15H2,1-4H3. The Balaban J connectivity index is 1.70. The fourth-order valence-electron chi connectivity index (χ4n) is 3.98. The van der Waals surface area contributed by atoms with E-state index in [1.54, 1.807) is 6.20 Å². The smallest absolute Gasteiger partial charge is 0.153 e. The quantitative estimate of drug-likeness (QED) is 0.729. The lowest BCUT2D eigenvalue weighted by molar-refractivity contribution is 0.268. The molecular weight excluding hydrogens is 362 g/mol. The SMILES string of the molecule is Cc1nc(N2CCC(C)(C)CC2)c(CO)nc1-c1cccc(-c2ccnn2C)c1. The molecule has 1 aromatic carbocycles. The van der Waals surface area contributed by atoms with Crippen LogP contribution >= 0.6 is 0 Å². The Labute approximate surface area is 172 Å². The molecule has 0 spiro atoms. The third-order valence-electron chi connectivity index (χ3n) is 5.94. The van der Waals surface area contributed by atoms with Crippen LogP contribution in [0.5, 0.6) is 0 Å². The van der Waals surface area contributed by atoms with Gasteiger partial charge >= 0.3 is 0 Å². The molecule has 1 aliphatic rings. The van der Waals surface area contributed by atoms with Gasteiger partial charge in [0.25, 0.3) is 0 Å². The second-order valence-electron chi connectivity index (χ2n) is 8.66. The predicted molar refractivity (Wildman–Crippen MR) is 116 cm³/mol. The molecule has 6 nitrogen and oxygen atoms in total. The van der Waals surface area contributed by atoms with Crippen LogP contribution in [0.2, 0.25) is 0 Å². The molecule has 2 aromatic heterocycles. The number of aromatic nitrogens is 4. The van der Waals surface area contributed by atoms with E-state index in [9.17, 15) is 5.11 Å². The molecule has 0 aliphatic carbocycles.